The molecule has 0 saturated carbocycles. The van der Waals surface area contributed by atoms with E-state index in [4.69, 9.17) is 0 Å². The maximum absolute atomic E-state index is 13.0. The standard InChI is InChI=1S/C24H35FS2/c1-19(2)9-7-10-20(3)11-8-12-21(4)17-18-26-24(5,6)27-23-15-13-22(25)14-16-23/h9,11,13-17H,7-8,10,12,18H2,1-6H3/b20-11+,21-17+. The highest BCUT2D eigenvalue weighted by molar-refractivity contribution is 8.18. The first-order valence-corrected chi connectivity index (χ1v) is 11.5. The van der Waals surface area contributed by atoms with Crippen LogP contribution in [-0.2, 0) is 0 Å². The first-order valence-electron chi connectivity index (χ1n) is 9.71. The van der Waals surface area contributed by atoms with Crippen molar-refractivity contribution < 1.29 is 4.39 Å². The molecule has 3 heteroatoms. The molecule has 0 radical (unpaired) electrons. The molecule has 0 nitrogen and oxygen atoms in total. The van der Waals surface area contributed by atoms with Crippen LogP contribution < -0.4 is 0 Å². The Morgan fingerprint density at radius 1 is 0.889 bits per heavy atom. The summed E-state index contributed by atoms with van der Waals surface area (Å²) >= 11 is 3.72. The minimum absolute atomic E-state index is 0.0655. The number of benzene rings is 1. The fraction of sp³-hybridized carbons (Fsp3) is 0.500. The minimum atomic E-state index is -0.176. The molecule has 1 aromatic rings. The van der Waals surface area contributed by atoms with Crippen molar-refractivity contribution in [2.24, 2.45) is 0 Å². The zero-order chi connectivity index (χ0) is 20.3. The molecule has 0 fully saturated rings. The van der Waals surface area contributed by atoms with E-state index in [-0.39, 0.29) is 9.90 Å². The van der Waals surface area contributed by atoms with Crippen LogP contribution in [0.2, 0.25) is 0 Å². The third-order valence-corrected chi connectivity index (χ3v) is 6.79. The summed E-state index contributed by atoms with van der Waals surface area (Å²) in [7, 11) is 0. The number of rotatable bonds is 11. The van der Waals surface area contributed by atoms with Crippen LogP contribution in [0.1, 0.15) is 67.2 Å². The molecule has 0 amide bonds. The monoisotopic (exact) mass is 406 g/mol. The first-order chi connectivity index (χ1) is 12.7. The van der Waals surface area contributed by atoms with Crippen LogP contribution in [0.5, 0.6) is 0 Å². The fourth-order valence-electron chi connectivity index (χ4n) is 2.54. The molecule has 1 aromatic carbocycles. The van der Waals surface area contributed by atoms with Gasteiger partial charge in [0, 0.05) is 10.6 Å². The third kappa shape index (κ3) is 12.2. The molecule has 0 N–H and O–H groups in total. The van der Waals surface area contributed by atoms with E-state index in [0.29, 0.717) is 0 Å². The van der Waals surface area contributed by atoms with Gasteiger partial charge in [0.15, 0.2) is 0 Å². The molecular weight excluding hydrogens is 371 g/mol. The van der Waals surface area contributed by atoms with Crippen molar-refractivity contribution in [1.29, 1.82) is 0 Å². The van der Waals surface area contributed by atoms with Crippen LogP contribution in [-0.4, -0.2) is 9.83 Å². The predicted molar refractivity (Wildman–Crippen MR) is 124 cm³/mol. The van der Waals surface area contributed by atoms with Crippen molar-refractivity contribution in [3.8, 4) is 0 Å². The number of allylic oxidation sites excluding steroid dienone is 5. The number of hydrogen-bond acceptors (Lipinski definition) is 2. The summed E-state index contributed by atoms with van der Waals surface area (Å²) in [5.41, 5.74) is 4.35. The summed E-state index contributed by atoms with van der Waals surface area (Å²) in [6.45, 7) is 13.2. The summed E-state index contributed by atoms with van der Waals surface area (Å²) in [5.74, 6) is 0.834. The zero-order valence-electron chi connectivity index (χ0n) is 17.8. The molecule has 0 aromatic heterocycles. The maximum Gasteiger partial charge on any atom is 0.123 e. The fourth-order valence-corrected chi connectivity index (χ4v) is 4.88. The van der Waals surface area contributed by atoms with Gasteiger partial charge in [0.05, 0.1) is 4.08 Å². The quantitative estimate of drug-likeness (QED) is 0.204. The van der Waals surface area contributed by atoms with E-state index in [1.54, 1.807) is 11.8 Å². The van der Waals surface area contributed by atoms with Gasteiger partial charge >= 0.3 is 0 Å². The lowest BCUT2D eigenvalue weighted by atomic mass is 10.1. The van der Waals surface area contributed by atoms with E-state index in [1.807, 2.05) is 23.9 Å². The molecule has 1 rings (SSSR count). The van der Waals surface area contributed by atoms with E-state index >= 15 is 0 Å². The van der Waals surface area contributed by atoms with E-state index in [1.165, 1.54) is 35.3 Å². The average Bonchev–Trinajstić information content (AvgIpc) is 2.56. The maximum atomic E-state index is 13.0. The third-order valence-electron chi connectivity index (χ3n) is 4.16. The van der Waals surface area contributed by atoms with Gasteiger partial charge in [-0.15, -0.1) is 23.5 Å². The second-order valence-corrected chi connectivity index (χ2v) is 11.3. The molecule has 150 valence electrons. The molecule has 0 aliphatic rings. The zero-order valence-corrected chi connectivity index (χ0v) is 19.4. The smallest absolute Gasteiger partial charge is 0.123 e. The van der Waals surface area contributed by atoms with Gasteiger partial charge in [0.25, 0.3) is 0 Å². The van der Waals surface area contributed by atoms with Crippen molar-refractivity contribution in [3.05, 3.63) is 65.0 Å². The SMILES string of the molecule is CC(C)=CCC/C(C)=C/CC/C(C)=C/CSC(C)(C)Sc1ccc(F)cc1. The second kappa shape index (κ2) is 12.5. The van der Waals surface area contributed by atoms with Crippen LogP contribution in [0.25, 0.3) is 0 Å². The van der Waals surface area contributed by atoms with Crippen LogP contribution in [0.15, 0.2) is 64.1 Å². The number of thioether (sulfide) groups is 2. The lowest BCUT2D eigenvalue weighted by molar-refractivity contribution is 0.626. The van der Waals surface area contributed by atoms with Crippen LogP contribution in [0.3, 0.4) is 0 Å². The summed E-state index contributed by atoms with van der Waals surface area (Å²) in [6.07, 6.45) is 11.6. The molecule has 0 bridgehead atoms. The van der Waals surface area contributed by atoms with Gasteiger partial charge in [0.2, 0.25) is 0 Å². The van der Waals surface area contributed by atoms with Crippen molar-refractivity contribution in [2.75, 3.05) is 5.75 Å². The molecule has 0 heterocycles. The molecule has 0 saturated heterocycles. The molecule has 0 atom stereocenters. The van der Waals surface area contributed by atoms with Crippen LogP contribution in [0.4, 0.5) is 4.39 Å². The lowest BCUT2D eigenvalue weighted by Gasteiger charge is -2.23. The Labute approximate surface area is 174 Å². The highest BCUT2D eigenvalue weighted by Crippen LogP contribution is 2.41. The van der Waals surface area contributed by atoms with Crippen molar-refractivity contribution in [2.45, 2.75) is 76.2 Å². The van der Waals surface area contributed by atoms with Crippen molar-refractivity contribution in [3.63, 3.8) is 0 Å². The highest BCUT2D eigenvalue weighted by Gasteiger charge is 2.19. The highest BCUT2D eigenvalue weighted by atomic mass is 32.2. The van der Waals surface area contributed by atoms with Crippen molar-refractivity contribution >= 4 is 23.5 Å². The Morgan fingerprint density at radius 3 is 2.04 bits per heavy atom. The van der Waals surface area contributed by atoms with Gasteiger partial charge < -0.3 is 0 Å². The Morgan fingerprint density at radius 2 is 1.44 bits per heavy atom. The van der Waals surface area contributed by atoms with E-state index in [0.717, 1.165) is 29.9 Å². The predicted octanol–water partition coefficient (Wildman–Crippen LogP) is 8.81. The largest absolute Gasteiger partial charge is 0.207 e. The van der Waals surface area contributed by atoms with E-state index in [2.05, 4.69) is 59.8 Å². The Balaban J connectivity index is 2.34. The number of halogens is 1. The molecule has 27 heavy (non-hydrogen) atoms. The summed E-state index contributed by atoms with van der Waals surface area (Å²) < 4.78 is 13.1. The lowest BCUT2D eigenvalue weighted by Crippen LogP contribution is -2.09. The molecular formula is C24H35FS2. The van der Waals surface area contributed by atoms with Gasteiger partial charge in [-0.1, -0.05) is 34.9 Å². The van der Waals surface area contributed by atoms with Crippen LogP contribution in [0, 0.1) is 5.82 Å². The van der Waals surface area contributed by atoms with Gasteiger partial charge in [-0.05, 0) is 91.5 Å². The summed E-state index contributed by atoms with van der Waals surface area (Å²) in [4.78, 5) is 1.11. The minimum Gasteiger partial charge on any atom is -0.207 e. The Kier molecular flexibility index (Phi) is 11.2. The van der Waals surface area contributed by atoms with Gasteiger partial charge in [0.1, 0.15) is 5.82 Å². The van der Waals surface area contributed by atoms with E-state index in [9.17, 15) is 4.39 Å². The summed E-state index contributed by atoms with van der Waals surface area (Å²) in [6, 6.07) is 6.77. The second-order valence-electron chi connectivity index (χ2n) is 7.73. The number of hydrogen-bond donors (Lipinski definition) is 0. The Bertz CT molecular complexity index is 647. The van der Waals surface area contributed by atoms with Crippen LogP contribution >= 0.6 is 23.5 Å². The van der Waals surface area contributed by atoms with E-state index < -0.39 is 0 Å². The first kappa shape index (κ1) is 24.1. The average molecular weight is 407 g/mol. The van der Waals surface area contributed by atoms with Gasteiger partial charge in [-0.3, -0.25) is 0 Å². The molecule has 0 aliphatic heterocycles. The molecule has 0 unspecified atom stereocenters. The Hall–Kier alpha value is -0.930. The summed E-state index contributed by atoms with van der Waals surface area (Å²) in [5, 5.41) is 0. The van der Waals surface area contributed by atoms with Gasteiger partial charge in [-0.2, -0.15) is 0 Å². The van der Waals surface area contributed by atoms with Crippen molar-refractivity contribution in [1.82, 2.24) is 0 Å². The molecule has 0 spiro atoms. The van der Waals surface area contributed by atoms with Gasteiger partial charge in [-0.25, -0.2) is 4.39 Å². The topological polar surface area (TPSA) is 0 Å². The normalized spacial score (nSPS) is 13.0. The molecule has 0 aliphatic carbocycles.